The molecule has 17 heavy (non-hydrogen) atoms. The number of aryl methyl sites for hydroxylation is 2. The van der Waals surface area contributed by atoms with E-state index in [0.29, 0.717) is 11.3 Å². The van der Waals surface area contributed by atoms with Crippen LogP contribution in [0.2, 0.25) is 0 Å². The van der Waals surface area contributed by atoms with Crippen LogP contribution in [0.25, 0.3) is 0 Å². The van der Waals surface area contributed by atoms with Crippen molar-refractivity contribution in [1.82, 2.24) is 5.32 Å². The van der Waals surface area contributed by atoms with Gasteiger partial charge in [-0.05, 0) is 37.9 Å². The minimum Gasteiger partial charge on any atom is -0.310 e. The summed E-state index contributed by atoms with van der Waals surface area (Å²) in [6.07, 6.45) is 0.673. The molecular formula is C13H19NO2S. The molecule has 1 atom stereocenters. The maximum atomic E-state index is 12.1. The van der Waals surface area contributed by atoms with Crippen molar-refractivity contribution in [2.75, 3.05) is 12.3 Å². The van der Waals surface area contributed by atoms with E-state index in [9.17, 15) is 8.42 Å². The van der Waals surface area contributed by atoms with Gasteiger partial charge in [-0.1, -0.05) is 24.6 Å². The normalized spacial score (nSPS) is 22.2. The predicted octanol–water partition coefficient (Wildman–Crippen LogP) is 2.13. The number of fused-ring (bicyclic) bond motifs is 1. The molecule has 1 aromatic rings. The second-order valence-electron chi connectivity index (χ2n) is 4.72. The van der Waals surface area contributed by atoms with Crippen molar-refractivity contribution in [3.8, 4) is 0 Å². The van der Waals surface area contributed by atoms with Crippen LogP contribution in [0.3, 0.4) is 0 Å². The predicted molar refractivity (Wildman–Crippen MR) is 69.0 cm³/mol. The first kappa shape index (κ1) is 12.6. The molecule has 0 spiro atoms. The van der Waals surface area contributed by atoms with Crippen molar-refractivity contribution in [3.63, 3.8) is 0 Å². The molecule has 0 amide bonds. The Morgan fingerprint density at radius 3 is 2.71 bits per heavy atom. The standard InChI is InChI=1S/C13H19NO2S/c1-4-14-12-5-6-17(15,16)13-10(3)7-9(2)8-11(12)13/h7-8,12,14H,4-6H2,1-3H3. The monoisotopic (exact) mass is 253 g/mol. The Labute approximate surface area is 103 Å². The summed E-state index contributed by atoms with van der Waals surface area (Å²) in [5, 5.41) is 3.37. The molecule has 4 heteroatoms. The quantitative estimate of drug-likeness (QED) is 0.878. The van der Waals surface area contributed by atoms with Crippen LogP contribution in [0.15, 0.2) is 17.0 Å². The third kappa shape index (κ3) is 2.24. The number of benzene rings is 1. The molecule has 0 aromatic heterocycles. The van der Waals surface area contributed by atoms with Gasteiger partial charge in [-0.25, -0.2) is 8.42 Å². The van der Waals surface area contributed by atoms with Gasteiger partial charge in [-0.15, -0.1) is 0 Å². The molecule has 1 unspecified atom stereocenters. The van der Waals surface area contributed by atoms with E-state index >= 15 is 0 Å². The molecule has 1 aromatic carbocycles. The molecule has 0 aliphatic carbocycles. The van der Waals surface area contributed by atoms with Crippen LogP contribution in [0.4, 0.5) is 0 Å². The van der Waals surface area contributed by atoms with Gasteiger partial charge in [0.25, 0.3) is 0 Å². The number of nitrogens with one attached hydrogen (secondary N) is 1. The summed E-state index contributed by atoms with van der Waals surface area (Å²) in [6, 6.07) is 4.13. The van der Waals surface area contributed by atoms with E-state index in [4.69, 9.17) is 0 Å². The molecular weight excluding hydrogens is 234 g/mol. The van der Waals surface area contributed by atoms with Crippen molar-refractivity contribution < 1.29 is 8.42 Å². The van der Waals surface area contributed by atoms with Crippen LogP contribution in [0.1, 0.15) is 36.1 Å². The molecule has 0 saturated heterocycles. The van der Waals surface area contributed by atoms with E-state index in [1.165, 1.54) is 0 Å². The summed E-state index contributed by atoms with van der Waals surface area (Å²) < 4.78 is 24.3. The summed E-state index contributed by atoms with van der Waals surface area (Å²) in [4.78, 5) is 0.556. The molecule has 1 aliphatic rings. The molecule has 0 radical (unpaired) electrons. The Hall–Kier alpha value is -0.870. The van der Waals surface area contributed by atoms with Crippen molar-refractivity contribution in [1.29, 1.82) is 0 Å². The Bertz CT molecular complexity index is 535. The van der Waals surface area contributed by atoms with E-state index in [1.54, 1.807) is 0 Å². The molecule has 94 valence electrons. The first-order valence-corrected chi connectivity index (χ1v) is 7.68. The third-order valence-corrected chi connectivity index (χ3v) is 5.21. The molecule has 2 rings (SSSR count). The van der Waals surface area contributed by atoms with Crippen LogP contribution >= 0.6 is 0 Å². The summed E-state index contributed by atoms with van der Waals surface area (Å²) in [5.41, 5.74) is 2.96. The fraction of sp³-hybridized carbons (Fsp3) is 0.538. The minimum absolute atomic E-state index is 0.178. The summed E-state index contributed by atoms with van der Waals surface area (Å²) >= 11 is 0. The molecule has 0 saturated carbocycles. The lowest BCUT2D eigenvalue weighted by molar-refractivity contribution is 0.503. The van der Waals surface area contributed by atoms with Gasteiger partial charge in [0.2, 0.25) is 0 Å². The number of rotatable bonds is 2. The van der Waals surface area contributed by atoms with Crippen molar-refractivity contribution in [2.24, 2.45) is 0 Å². The zero-order chi connectivity index (χ0) is 12.6. The number of hydrogen-bond donors (Lipinski definition) is 1. The largest absolute Gasteiger partial charge is 0.310 e. The second-order valence-corrected chi connectivity index (χ2v) is 6.76. The van der Waals surface area contributed by atoms with Crippen molar-refractivity contribution >= 4 is 9.84 Å². The van der Waals surface area contributed by atoms with E-state index in [2.05, 4.69) is 5.32 Å². The molecule has 1 aliphatic heterocycles. The van der Waals surface area contributed by atoms with Crippen molar-refractivity contribution in [2.45, 2.75) is 38.1 Å². The Balaban J connectivity index is 2.64. The molecule has 1 N–H and O–H groups in total. The van der Waals surface area contributed by atoms with Crippen LogP contribution in [-0.4, -0.2) is 20.7 Å². The second kappa shape index (κ2) is 4.42. The lowest BCUT2D eigenvalue weighted by Crippen LogP contribution is -2.30. The number of hydrogen-bond acceptors (Lipinski definition) is 3. The summed E-state index contributed by atoms with van der Waals surface area (Å²) in [6.45, 7) is 6.80. The number of sulfone groups is 1. The zero-order valence-corrected chi connectivity index (χ0v) is 11.4. The van der Waals surface area contributed by atoms with Gasteiger partial charge in [0.1, 0.15) is 0 Å². The summed E-state index contributed by atoms with van der Waals surface area (Å²) in [5.74, 6) is 0.252. The van der Waals surface area contributed by atoms with Gasteiger partial charge in [0, 0.05) is 6.04 Å². The highest BCUT2D eigenvalue weighted by atomic mass is 32.2. The van der Waals surface area contributed by atoms with Gasteiger partial charge in [0.15, 0.2) is 9.84 Å². The van der Waals surface area contributed by atoms with Gasteiger partial charge < -0.3 is 5.32 Å². The molecule has 0 bridgehead atoms. The van der Waals surface area contributed by atoms with E-state index < -0.39 is 9.84 Å². The van der Waals surface area contributed by atoms with Gasteiger partial charge in [-0.2, -0.15) is 0 Å². The SMILES string of the molecule is CCNC1CCS(=O)(=O)c2c(C)cc(C)cc21. The van der Waals surface area contributed by atoms with E-state index in [0.717, 1.165) is 23.2 Å². The topological polar surface area (TPSA) is 46.2 Å². The van der Waals surface area contributed by atoms with Crippen LogP contribution in [0.5, 0.6) is 0 Å². The van der Waals surface area contributed by atoms with E-state index in [1.807, 2.05) is 32.9 Å². The highest BCUT2D eigenvalue weighted by Gasteiger charge is 2.31. The van der Waals surface area contributed by atoms with Gasteiger partial charge in [-0.3, -0.25) is 0 Å². The Kier molecular flexibility index (Phi) is 3.27. The smallest absolute Gasteiger partial charge is 0.179 e. The minimum atomic E-state index is -3.08. The van der Waals surface area contributed by atoms with Crippen molar-refractivity contribution in [3.05, 3.63) is 28.8 Å². The lowest BCUT2D eigenvalue weighted by atomic mass is 9.99. The third-order valence-electron chi connectivity index (χ3n) is 3.26. The lowest BCUT2D eigenvalue weighted by Gasteiger charge is -2.27. The maximum Gasteiger partial charge on any atom is 0.179 e. The first-order chi connectivity index (χ1) is 7.95. The fourth-order valence-electron chi connectivity index (χ4n) is 2.66. The van der Waals surface area contributed by atoms with Crippen LogP contribution in [0, 0.1) is 13.8 Å². The van der Waals surface area contributed by atoms with E-state index in [-0.39, 0.29) is 11.8 Å². The molecule has 3 nitrogen and oxygen atoms in total. The average Bonchev–Trinajstić information content (AvgIpc) is 2.21. The Morgan fingerprint density at radius 1 is 1.35 bits per heavy atom. The van der Waals surface area contributed by atoms with Crippen LogP contribution in [-0.2, 0) is 9.84 Å². The molecule has 0 fully saturated rings. The van der Waals surface area contributed by atoms with Gasteiger partial charge in [0.05, 0.1) is 10.6 Å². The zero-order valence-electron chi connectivity index (χ0n) is 10.6. The first-order valence-electron chi connectivity index (χ1n) is 6.03. The highest BCUT2D eigenvalue weighted by molar-refractivity contribution is 7.91. The fourth-order valence-corrected chi connectivity index (χ4v) is 4.52. The Morgan fingerprint density at radius 2 is 2.06 bits per heavy atom. The summed E-state index contributed by atoms with van der Waals surface area (Å²) in [7, 11) is -3.08. The van der Waals surface area contributed by atoms with Gasteiger partial charge >= 0.3 is 0 Å². The average molecular weight is 253 g/mol. The molecule has 1 heterocycles. The highest BCUT2D eigenvalue weighted by Crippen LogP contribution is 2.35. The van der Waals surface area contributed by atoms with Crippen LogP contribution < -0.4 is 5.32 Å². The maximum absolute atomic E-state index is 12.1.